The summed E-state index contributed by atoms with van der Waals surface area (Å²) in [5.41, 5.74) is 6.83. The van der Waals surface area contributed by atoms with E-state index in [0.717, 1.165) is 30.7 Å². The molecule has 0 saturated heterocycles. The third kappa shape index (κ3) is 1.33. The molecule has 1 aliphatic carbocycles. The molecule has 0 amide bonds. The van der Waals surface area contributed by atoms with Gasteiger partial charge in [0.1, 0.15) is 17.2 Å². The topological polar surface area (TPSA) is 38.9 Å². The Bertz CT molecular complexity index is 577. The molecular formula is C12H10F2N2. The predicted octanol–water partition coefficient (Wildman–Crippen LogP) is 2.97. The largest absolute Gasteiger partial charge is 0.398 e. The number of nitrogens with zero attached hydrogens (tertiary/aromatic N) is 1. The number of halogens is 2. The summed E-state index contributed by atoms with van der Waals surface area (Å²) in [6.45, 7) is 0. The van der Waals surface area contributed by atoms with Crippen molar-refractivity contribution in [1.82, 2.24) is 4.98 Å². The Labute approximate surface area is 91.1 Å². The number of pyridine rings is 1. The Morgan fingerprint density at radius 3 is 2.56 bits per heavy atom. The average molecular weight is 220 g/mol. The van der Waals surface area contributed by atoms with Crippen molar-refractivity contribution in [2.75, 3.05) is 5.73 Å². The fourth-order valence-electron chi connectivity index (χ4n) is 1.91. The molecule has 1 aromatic heterocycles. The summed E-state index contributed by atoms with van der Waals surface area (Å²) in [4.78, 5) is 4.16. The summed E-state index contributed by atoms with van der Waals surface area (Å²) in [5.74, 6) is -0.677. The van der Waals surface area contributed by atoms with E-state index in [1.165, 1.54) is 0 Å². The molecule has 16 heavy (non-hydrogen) atoms. The maximum atomic E-state index is 13.5. The third-order valence-electron chi connectivity index (χ3n) is 2.91. The number of hydrogen-bond donors (Lipinski definition) is 1. The van der Waals surface area contributed by atoms with Crippen LogP contribution in [-0.2, 0) is 0 Å². The minimum Gasteiger partial charge on any atom is -0.398 e. The van der Waals surface area contributed by atoms with Crippen LogP contribution >= 0.6 is 0 Å². The molecule has 0 spiro atoms. The van der Waals surface area contributed by atoms with Crippen LogP contribution in [0.2, 0.25) is 0 Å². The van der Waals surface area contributed by atoms with Crippen molar-refractivity contribution in [2.45, 2.75) is 18.8 Å². The van der Waals surface area contributed by atoms with E-state index in [2.05, 4.69) is 4.98 Å². The second-order valence-corrected chi connectivity index (χ2v) is 4.16. The number of fused-ring (bicyclic) bond motifs is 1. The van der Waals surface area contributed by atoms with Crippen molar-refractivity contribution < 1.29 is 8.78 Å². The minimum atomic E-state index is -0.524. The second-order valence-electron chi connectivity index (χ2n) is 4.16. The van der Waals surface area contributed by atoms with E-state index in [1.807, 2.05) is 0 Å². The van der Waals surface area contributed by atoms with Gasteiger partial charge in [-0.15, -0.1) is 0 Å². The van der Waals surface area contributed by atoms with Crippen LogP contribution in [0, 0.1) is 11.6 Å². The smallest absolute Gasteiger partial charge is 0.149 e. The molecule has 2 nitrogen and oxygen atoms in total. The zero-order valence-corrected chi connectivity index (χ0v) is 8.50. The van der Waals surface area contributed by atoms with E-state index >= 15 is 0 Å². The van der Waals surface area contributed by atoms with Crippen molar-refractivity contribution >= 4 is 16.6 Å². The predicted molar refractivity (Wildman–Crippen MR) is 58.0 cm³/mol. The summed E-state index contributed by atoms with van der Waals surface area (Å²) >= 11 is 0. The van der Waals surface area contributed by atoms with Gasteiger partial charge in [0, 0.05) is 17.3 Å². The summed E-state index contributed by atoms with van der Waals surface area (Å²) < 4.78 is 27.0. The SMILES string of the molecule is Nc1cc(C2CC2)nc2c(F)ccc(F)c12. The Kier molecular flexibility index (Phi) is 1.87. The number of benzene rings is 1. The van der Waals surface area contributed by atoms with Gasteiger partial charge in [0.15, 0.2) is 0 Å². The van der Waals surface area contributed by atoms with Gasteiger partial charge in [-0.05, 0) is 31.0 Å². The molecule has 0 atom stereocenters. The quantitative estimate of drug-likeness (QED) is 0.802. The molecule has 1 heterocycles. The first-order chi connectivity index (χ1) is 7.66. The number of anilines is 1. The van der Waals surface area contributed by atoms with Crippen LogP contribution in [-0.4, -0.2) is 4.98 Å². The highest BCUT2D eigenvalue weighted by atomic mass is 19.1. The van der Waals surface area contributed by atoms with Gasteiger partial charge in [-0.1, -0.05) is 0 Å². The van der Waals surface area contributed by atoms with Crippen LogP contribution < -0.4 is 5.73 Å². The van der Waals surface area contributed by atoms with Gasteiger partial charge in [-0.25, -0.2) is 13.8 Å². The second kappa shape index (κ2) is 3.14. The van der Waals surface area contributed by atoms with Crippen molar-refractivity contribution in [3.05, 3.63) is 35.5 Å². The Morgan fingerprint density at radius 1 is 1.19 bits per heavy atom. The number of hydrogen-bond acceptors (Lipinski definition) is 2. The summed E-state index contributed by atoms with van der Waals surface area (Å²) in [6.07, 6.45) is 2.10. The zero-order valence-electron chi connectivity index (χ0n) is 8.50. The molecule has 1 saturated carbocycles. The molecule has 82 valence electrons. The summed E-state index contributed by atoms with van der Waals surface area (Å²) in [7, 11) is 0. The van der Waals surface area contributed by atoms with Crippen molar-refractivity contribution in [3.8, 4) is 0 Å². The van der Waals surface area contributed by atoms with Gasteiger partial charge < -0.3 is 5.73 Å². The van der Waals surface area contributed by atoms with Crippen LogP contribution in [0.4, 0.5) is 14.5 Å². The maximum Gasteiger partial charge on any atom is 0.149 e. The van der Waals surface area contributed by atoms with Crippen LogP contribution in [0.5, 0.6) is 0 Å². The fourth-order valence-corrected chi connectivity index (χ4v) is 1.91. The molecule has 2 aromatic rings. The van der Waals surface area contributed by atoms with Crippen molar-refractivity contribution in [1.29, 1.82) is 0 Å². The van der Waals surface area contributed by atoms with Crippen LogP contribution in [0.3, 0.4) is 0 Å². The van der Waals surface area contributed by atoms with Gasteiger partial charge in [0.25, 0.3) is 0 Å². The van der Waals surface area contributed by atoms with Gasteiger partial charge in [0.05, 0.1) is 5.39 Å². The number of nitrogens with two attached hydrogens (primary N) is 1. The molecule has 2 N–H and O–H groups in total. The van der Waals surface area contributed by atoms with Crippen molar-refractivity contribution in [3.63, 3.8) is 0 Å². The standard InChI is InChI=1S/C12H10F2N2/c13-7-3-4-8(14)12-11(7)9(15)5-10(16-12)6-1-2-6/h3-6H,1-2H2,(H2,15,16). The number of nitrogen functional groups attached to an aromatic ring is 1. The first-order valence-corrected chi connectivity index (χ1v) is 5.21. The first kappa shape index (κ1) is 9.51. The minimum absolute atomic E-state index is 0.0434. The highest BCUT2D eigenvalue weighted by Gasteiger charge is 2.26. The van der Waals surface area contributed by atoms with E-state index < -0.39 is 11.6 Å². The van der Waals surface area contributed by atoms with Gasteiger partial charge in [-0.2, -0.15) is 0 Å². The van der Waals surface area contributed by atoms with E-state index in [9.17, 15) is 8.78 Å². The molecule has 3 rings (SSSR count). The lowest BCUT2D eigenvalue weighted by molar-refractivity contribution is 0.615. The molecule has 1 aliphatic rings. The molecule has 1 fully saturated rings. The highest BCUT2D eigenvalue weighted by molar-refractivity contribution is 5.91. The van der Waals surface area contributed by atoms with Gasteiger partial charge >= 0.3 is 0 Å². The molecular weight excluding hydrogens is 210 g/mol. The number of rotatable bonds is 1. The lowest BCUT2D eigenvalue weighted by Gasteiger charge is -2.07. The van der Waals surface area contributed by atoms with E-state index in [1.54, 1.807) is 6.07 Å². The Balaban J connectivity index is 2.36. The Hall–Kier alpha value is -1.71. The van der Waals surface area contributed by atoms with Crippen LogP contribution in [0.1, 0.15) is 24.5 Å². The fraction of sp³-hybridized carbons (Fsp3) is 0.250. The molecule has 4 heteroatoms. The van der Waals surface area contributed by atoms with Crippen LogP contribution in [0.25, 0.3) is 10.9 Å². The molecule has 0 unspecified atom stereocenters. The summed E-state index contributed by atoms with van der Waals surface area (Å²) in [5, 5.41) is 0.0874. The van der Waals surface area contributed by atoms with Gasteiger partial charge in [0.2, 0.25) is 0 Å². The third-order valence-corrected chi connectivity index (χ3v) is 2.91. The molecule has 0 aliphatic heterocycles. The molecule has 1 aromatic carbocycles. The van der Waals surface area contributed by atoms with Crippen LogP contribution in [0.15, 0.2) is 18.2 Å². The van der Waals surface area contributed by atoms with Crippen molar-refractivity contribution in [2.24, 2.45) is 0 Å². The normalized spacial score (nSPS) is 15.6. The monoisotopic (exact) mass is 220 g/mol. The van der Waals surface area contributed by atoms with E-state index in [0.29, 0.717) is 5.92 Å². The van der Waals surface area contributed by atoms with Gasteiger partial charge in [-0.3, -0.25) is 0 Å². The highest BCUT2D eigenvalue weighted by Crippen LogP contribution is 2.41. The van der Waals surface area contributed by atoms with E-state index in [-0.39, 0.29) is 16.6 Å². The lowest BCUT2D eigenvalue weighted by atomic mass is 10.1. The van der Waals surface area contributed by atoms with E-state index in [4.69, 9.17) is 5.73 Å². The first-order valence-electron chi connectivity index (χ1n) is 5.21. The maximum absolute atomic E-state index is 13.5. The zero-order chi connectivity index (χ0) is 11.3. The summed E-state index contributed by atoms with van der Waals surface area (Å²) in [6, 6.07) is 3.82. The lowest BCUT2D eigenvalue weighted by Crippen LogP contribution is -1.98. The molecule has 0 radical (unpaired) electrons. The number of aromatic nitrogens is 1. The average Bonchev–Trinajstić information content (AvgIpc) is 3.06. The Morgan fingerprint density at radius 2 is 1.88 bits per heavy atom. The molecule has 0 bridgehead atoms.